The standard InChI is InChI=1S/C20H20F2N2O3/c1-12-16(20(26)27)7-9-18(23-12)19(25)24(15-4-2-3-5-15)11-13-10-14(21)6-8-17(13)22/h6-10,15H,2-5,11H2,1H3,(H,26,27). The number of amides is 1. The van der Waals surface area contributed by atoms with Crippen molar-refractivity contribution in [1.29, 1.82) is 0 Å². The molecule has 1 aromatic carbocycles. The molecule has 0 atom stereocenters. The lowest BCUT2D eigenvalue weighted by Gasteiger charge is -2.29. The molecule has 27 heavy (non-hydrogen) atoms. The molecule has 0 saturated heterocycles. The summed E-state index contributed by atoms with van der Waals surface area (Å²) in [6.45, 7) is 1.46. The Balaban J connectivity index is 1.93. The Morgan fingerprint density at radius 1 is 1.19 bits per heavy atom. The van der Waals surface area contributed by atoms with Gasteiger partial charge in [-0.2, -0.15) is 0 Å². The summed E-state index contributed by atoms with van der Waals surface area (Å²) in [4.78, 5) is 29.9. The molecule has 1 fully saturated rings. The normalized spacial score (nSPS) is 14.3. The maximum atomic E-state index is 14.1. The van der Waals surface area contributed by atoms with Gasteiger partial charge in [-0.25, -0.2) is 18.6 Å². The Morgan fingerprint density at radius 2 is 1.89 bits per heavy atom. The third kappa shape index (κ3) is 4.13. The maximum absolute atomic E-state index is 14.1. The van der Waals surface area contributed by atoms with Crippen molar-refractivity contribution in [3.63, 3.8) is 0 Å². The van der Waals surface area contributed by atoms with Crippen molar-refractivity contribution in [2.24, 2.45) is 0 Å². The number of aryl methyl sites for hydroxylation is 1. The van der Waals surface area contributed by atoms with Crippen LogP contribution in [0.1, 0.15) is 57.8 Å². The van der Waals surface area contributed by atoms with Crippen molar-refractivity contribution in [1.82, 2.24) is 9.88 Å². The third-order valence-corrected chi connectivity index (χ3v) is 4.91. The van der Waals surface area contributed by atoms with Gasteiger partial charge in [-0.05, 0) is 50.1 Å². The van der Waals surface area contributed by atoms with Gasteiger partial charge in [0.2, 0.25) is 0 Å². The van der Waals surface area contributed by atoms with Gasteiger partial charge in [0.1, 0.15) is 17.3 Å². The number of benzene rings is 1. The van der Waals surface area contributed by atoms with Crippen LogP contribution >= 0.6 is 0 Å². The van der Waals surface area contributed by atoms with Gasteiger partial charge in [0.25, 0.3) is 5.91 Å². The highest BCUT2D eigenvalue weighted by atomic mass is 19.1. The topological polar surface area (TPSA) is 70.5 Å². The van der Waals surface area contributed by atoms with E-state index in [9.17, 15) is 18.4 Å². The van der Waals surface area contributed by atoms with Crippen molar-refractivity contribution in [3.05, 3.63) is 64.5 Å². The summed E-state index contributed by atoms with van der Waals surface area (Å²) >= 11 is 0. The summed E-state index contributed by atoms with van der Waals surface area (Å²) in [5.74, 6) is -2.67. The lowest BCUT2D eigenvalue weighted by atomic mass is 10.1. The molecule has 1 aromatic heterocycles. The Kier molecular flexibility index (Phi) is 5.48. The molecule has 1 saturated carbocycles. The van der Waals surface area contributed by atoms with Crippen molar-refractivity contribution < 1.29 is 23.5 Å². The molecule has 2 aromatic rings. The summed E-state index contributed by atoms with van der Waals surface area (Å²) < 4.78 is 27.6. The fourth-order valence-corrected chi connectivity index (χ4v) is 3.48. The number of carbonyl (C=O) groups is 2. The van der Waals surface area contributed by atoms with E-state index in [2.05, 4.69) is 4.98 Å². The molecule has 3 rings (SSSR count). The molecule has 142 valence electrons. The first kappa shape index (κ1) is 18.9. The molecule has 0 radical (unpaired) electrons. The molecule has 1 amide bonds. The van der Waals surface area contributed by atoms with Crippen molar-refractivity contribution in [2.75, 3.05) is 0 Å². The Bertz CT molecular complexity index is 880. The Morgan fingerprint density at radius 3 is 2.52 bits per heavy atom. The second kappa shape index (κ2) is 7.82. The average Bonchev–Trinajstić information content (AvgIpc) is 3.15. The highest BCUT2D eigenvalue weighted by molar-refractivity contribution is 5.94. The molecule has 7 heteroatoms. The molecule has 1 N–H and O–H groups in total. The average molecular weight is 374 g/mol. The molecular formula is C20H20F2N2O3. The molecule has 0 unspecified atom stereocenters. The van der Waals surface area contributed by atoms with Crippen molar-refractivity contribution in [2.45, 2.75) is 45.2 Å². The van der Waals surface area contributed by atoms with Gasteiger partial charge in [0.15, 0.2) is 0 Å². The van der Waals surface area contributed by atoms with Gasteiger partial charge in [-0.15, -0.1) is 0 Å². The second-order valence-electron chi connectivity index (χ2n) is 6.74. The summed E-state index contributed by atoms with van der Waals surface area (Å²) in [7, 11) is 0. The van der Waals surface area contributed by atoms with Crippen molar-refractivity contribution >= 4 is 11.9 Å². The van der Waals surface area contributed by atoms with Gasteiger partial charge in [0, 0.05) is 18.2 Å². The first-order chi connectivity index (χ1) is 12.9. The number of pyridine rings is 1. The SMILES string of the molecule is Cc1nc(C(=O)N(Cc2cc(F)ccc2F)C2CCCC2)ccc1C(=O)O. The highest BCUT2D eigenvalue weighted by Gasteiger charge is 2.29. The zero-order valence-electron chi connectivity index (χ0n) is 14.9. The van der Waals surface area contributed by atoms with Gasteiger partial charge in [-0.3, -0.25) is 4.79 Å². The number of carboxylic acid groups (broad SMARTS) is 1. The number of halogens is 2. The summed E-state index contributed by atoms with van der Waals surface area (Å²) in [6.07, 6.45) is 3.50. The lowest BCUT2D eigenvalue weighted by Crippen LogP contribution is -2.39. The predicted molar refractivity (Wildman–Crippen MR) is 94.4 cm³/mol. The number of rotatable bonds is 5. The Hall–Kier alpha value is -2.83. The van der Waals surface area contributed by atoms with E-state index in [4.69, 9.17) is 5.11 Å². The van der Waals surface area contributed by atoms with Gasteiger partial charge >= 0.3 is 5.97 Å². The minimum atomic E-state index is -1.12. The summed E-state index contributed by atoms with van der Waals surface area (Å²) in [5.41, 5.74) is 0.460. The summed E-state index contributed by atoms with van der Waals surface area (Å²) in [6, 6.07) is 5.80. The molecular weight excluding hydrogens is 354 g/mol. The minimum absolute atomic E-state index is 0.0233. The van der Waals surface area contributed by atoms with Crippen LogP contribution in [0.3, 0.4) is 0 Å². The highest BCUT2D eigenvalue weighted by Crippen LogP contribution is 2.27. The summed E-state index contributed by atoms with van der Waals surface area (Å²) in [5, 5.41) is 9.12. The van der Waals surface area contributed by atoms with E-state index in [1.165, 1.54) is 24.0 Å². The number of carbonyl (C=O) groups excluding carboxylic acids is 1. The fourth-order valence-electron chi connectivity index (χ4n) is 3.48. The third-order valence-electron chi connectivity index (χ3n) is 4.91. The molecule has 0 bridgehead atoms. The van der Waals surface area contributed by atoms with E-state index in [1.54, 1.807) is 0 Å². The zero-order chi connectivity index (χ0) is 19.6. The van der Waals surface area contributed by atoms with Gasteiger partial charge in [0.05, 0.1) is 11.3 Å². The number of hydrogen-bond acceptors (Lipinski definition) is 3. The van der Waals surface area contributed by atoms with Gasteiger partial charge in [-0.1, -0.05) is 12.8 Å². The monoisotopic (exact) mass is 374 g/mol. The Labute approximate surface area is 155 Å². The number of aromatic nitrogens is 1. The quantitative estimate of drug-likeness (QED) is 0.860. The molecule has 0 aliphatic heterocycles. The molecule has 1 heterocycles. The van der Waals surface area contributed by atoms with E-state index in [0.717, 1.165) is 43.9 Å². The molecule has 1 aliphatic carbocycles. The second-order valence-corrected chi connectivity index (χ2v) is 6.74. The zero-order valence-corrected chi connectivity index (χ0v) is 14.9. The van der Waals surface area contributed by atoms with E-state index < -0.39 is 23.5 Å². The van der Waals surface area contributed by atoms with E-state index in [1.807, 2.05) is 0 Å². The first-order valence-electron chi connectivity index (χ1n) is 8.82. The van der Waals surface area contributed by atoms with Crippen LogP contribution in [0.4, 0.5) is 8.78 Å². The molecule has 5 nitrogen and oxygen atoms in total. The van der Waals surface area contributed by atoms with Crippen LogP contribution in [0.25, 0.3) is 0 Å². The molecule has 0 spiro atoms. The van der Waals surface area contributed by atoms with Crippen LogP contribution in [-0.4, -0.2) is 32.9 Å². The van der Waals surface area contributed by atoms with Crippen LogP contribution in [-0.2, 0) is 6.54 Å². The van der Waals surface area contributed by atoms with E-state index >= 15 is 0 Å². The lowest BCUT2D eigenvalue weighted by molar-refractivity contribution is 0.0650. The first-order valence-corrected chi connectivity index (χ1v) is 8.82. The van der Waals surface area contributed by atoms with Crippen LogP contribution < -0.4 is 0 Å². The number of carboxylic acids is 1. The number of hydrogen-bond donors (Lipinski definition) is 1. The fraction of sp³-hybridized carbons (Fsp3) is 0.350. The van der Waals surface area contributed by atoms with Crippen molar-refractivity contribution in [3.8, 4) is 0 Å². The van der Waals surface area contributed by atoms with Gasteiger partial charge < -0.3 is 10.0 Å². The maximum Gasteiger partial charge on any atom is 0.337 e. The van der Waals surface area contributed by atoms with Crippen LogP contribution in [0.5, 0.6) is 0 Å². The number of aromatic carboxylic acids is 1. The van der Waals surface area contributed by atoms with Crippen LogP contribution in [0, 0.1) is 18.6 Å². The van der Waals surface area contributed by atoms with Crippen LogP contribution in [0.2, 0.25) is 0 Å². The number of nitrogens with zero attached hydrogens (tertiary/aromatic N) is 2. The smallest absolute Gasteiger partial charge is 0.337 e. The van der Waals surface area contributed by atoms with E-state index in [0.29, 0.717) is 0 Å². The minimum Gasteiger partial charge on any atom is -0.478 e. The van der Waals surface area contributed by atoms with Crippen LogP contribution in [0.15, 0.2) is 30.3 Å². The predicted octanol–water partition coefficient (Wildman–Crippen LogP) is 3.95. The molecule has 1 aliphatic rings. The van der Waals surface area contributed by atoms with E-state index in [-0.39, 0.29) is 35.1 Å². The largest absolute Gasteiger partial charge is 0.478 e.